The molecule has 0 amide bonds. The molecule has 120 valence electrons. The van der Waals surface area contributed by atoms with Gasteiger partial charge in [0, 0.05) is 12.6 Å². The molecule has 1 unspecified atom stereocenters. The van der Waals surface area contributed by atoms with Crippen LogP contribution in [0.1, 0.15) is 23.6 Å². The van der Waals surface area contributed by atoms with E-state index in [2.05, 4.69) is 4.74 Å². The molecule has 21 heavy (non-hydrogen) atoms. The average molecular weight is 307 g/mol. The van der Waals surface area contributed by atoms with Crippen molar-refractivity contribution in [3.05, 3.63) is 23.3 Å². The van der Waals surface area contributed by atoms with Crippen LogP contribution in [0.4, 0.5) is 13.2 Å². The van der Waals surface area contributed by atoms with Gasteiger partial charge in [-0.1, -0.05) is 0 Å². The van der Waals surface area contributed by atoms with Crippen LogP contribution < -0.4 is 15.2 Å². The van der Waals surface area contributed by atoms with Crippen LogP contribution in [-0.2, 0) is 4.74 Å². The zero-order valence-corrected chi connectivity index (χ0v) is 12.3. The lowest BCUT2D eigenvalue weighted by molar-refractivity contribution is -0.174. The molecule has 1 rings (SSSR count). The SMILES string of the molecule is COc1cc(C)c(C(N)CCOCC(F)(F)F)cc1OC. The molecule has 2 N–H and O–H groups in total. The molecular weight excluding hydrogens is 287 g/mol. The van der Waals surface area contributed by atoms with E-state index in [4.69, 9.17) is 15.2 Å². The number of hydrogen-bond acceptors (Lipinski definition) is 4. The summed E-state index contributed by atoms with van der Waals surface area (Å²) in [6.45, 7) is 0.535. The number of alkyl halides is 3. The predicted octanol–water partition coefficient (Wildman–Crippen LogP) is 2.98. The van der Waals surface area contributed by atoms with E-state index in [0.29, 0.717) is 11.5 Å². The van der Waals surface area contributed by atoms with Gasteiger partial charge in [-0.05, 0) is 36.6 Å². The maximum atomic E-state index is 12.0. The lowest BCUT2D eigenvalue weighted by Crippen LogP contribution is -2.20. The Labute approximate surface area is 122 Å². The second-order valence-corrected chi connectivity index (χ2v) is 4.63. The molecule has 1 atom stereocenters. The van der Waals surface area contributed by atoms with Crippen molar-refractivity contribution in [1.29, 1.82) is 0 Å². The smallest absolute Gasteiger partial charge is 0.411 e. The van der Waals surface area contributed by atoms with E-state index >= 15 is 0 Å². The molecule has 0 spiro atoms. The predicted molar refractivity (Wildman–Crippen MR) is 72.7 cm³/mol. The molecule has 0 aliphatic carbocycles. The quantitative estimate of drug-likeness (QED) is 0.787. The van der Waals surface area contributed by atoms with E-state index in [1.165, 1.54) is 14.2 Å². The lowest BCUT2D eigenvalue weighted by Gasteiger charge is -2.18. The third kappa shape index (κ3) is 5.43. The number of aryl methyl sites for hydroxylation is 1. The van der Waals surface area contributed by atoms with Crippen molar-refractivity contribution in [3.63, 3.8) is 0 Å². The minimum Gasteiger partial charge on any atom is -0.493 e. The van der Waals surface area contributed by atoms with Gasteiger partial charge < -0.3 is 19.9 Å². The number of nitrogens with two attached hydrogens (primary N) is 1. The summed E-state index contributed by atoms with van der Waals surface area (Å²) < 4.78 is 50.8. The summed E-state index contributed by atoms with van der Waals surface area (Å²) in [5, 5.41) is 0. The first kappa shape index (κ1) is 17.6. The third-order valence-corrected chi connectivity index (χ3v) is 3.01. The minimum absolute atomic E-state index is 0.0611. The van der Waals surface area contributed by atoms with Gasteiger partial charge in [-0.2, -0.15) is 13.2 Å². The number of hydrogen-bond donors (Lipinski definition) is 1. The monoisotopic (exact) mass is 307 g/mol. The van der Waals surface area contributed by atoms with Crippen molar-refractivity contribution >= 4 is 0 Å². The first-order chi connectivity index (χ1) is 9.78. The summed E-state index contributed by atoms with van der Waals surface area (Å²) in [6.07, 6.45) is -4.03. The summed E-state index contributed by atoms with van der Waals surface area (Å²) in [6, 6.07) is 3.09. The summed E-state index contributed by atoms with van der Waals surface area (Å²) in [5.41, 5.74) is 7.68. The van der Waals surface area contributed by atoms with Gasteiger partial charge in [0.05, 0.1) is 14.2 Å². The van der Waals surface area contributed by atoms with Crippen molar-refractivity contribution < 1.29 is 27.4 Å². The van der Waals surface area contributed by atoms with E-state index in [-0.39, 0.29) is 13.0 Å². The molecule has 0 aromatic heterocycles. The van der Waals surface area contributed by atoms with E-state index in [0.717, 1.165) is 11.1 Å². The highest BCUT2D eigenvalue weighted by molar-refractivity contribution is 5.48. The molecule has 0 saturated carbocycles. The summed E-state index contributed by atoms with van der Waals surface area (Å²) >= 11 is 0. The van der Waals surface area contributed by atoms with Gasteiger partial charge in [0.15, 0.2) is 11.5 Å². The Hall–Kier alpha value is -1.47. The second kappa shape index (κ2) is 7.51. The third-order valence-electron chi connectivity index (χ3n) is 3.01. The fourth-order valence-corrected chi connectivity index (χ4v) is 1.95. The van der Waals surface area contributed by atoms with Crippen molar-refractivity contribution in [3.8, 4) is 11.5 Å². The van der Waals surface area contributed by atoms with Gasteiger partial charge in [-0.3, -0.25) is 0 Å². The van der Waals surface area contributed by atoms with Crippen LogP contribution in [0.2, 0.25) is 0 Å². The van der Waals surface area contributed by atoms with Gasteiger partial charge in [0.2, 0.25) is 0 Å². The molecule has 1 aromatic rings. The van der Waals surface area contributed by atoms with Gasteiger partial charge in [-0.25, -0.2) is 0 Å². The summed E-state index contributed by atoms with van der Waals surface area (Å²) in [4.78, 5) is 0. The van der Waals surface area contributed by atoms with Crippen LogP contribution in [0.3, 0.4) is 0 Å². The molecule has 0 radical (unpaired) electrons. The van der Waals surface area contributed by atoms with E-state index in [1.54, 1.807) is 12.1 Å². The van der Waals surface area contributed by atoms with Crippen LogP contribution in [-0.4, -0.2) is 33.6 Å². The number of halogens is 3. The zero-order valence-electron chi connectivity index (χ0n) is 12.3. The Kier molecular flexibility index (Phi) is 6.29. The summed E-state index contributed by atoms with van der Waals surface area (Å²) in [7, 11) is 3.04. The van der Waals surface area contributed by atoms with Crippen LogP contribution in [0, 0.1) is 6.92 Å². The molecule has 0 saturated heterocycles. The van der Waals surface area contributed by atoms with Gasteiger partial charge in [-0.15, -0.1) is 0 Å². The van der Waals surface area contributed by atoms with E-state index < -0.39 is 18.8 Å². The summed E-state index contributed by atoms with van der Waals surface area (Å²) in [5.74, 6) is 1.11. The van der Waals surface area contributed by atoms with Gasteiger partial charge >= 0.3 is 6.18 Å². The van der Waals surface area contributed by atoms with Crippen LogP contribution in [0.25, 0.3) is 0 Å². The van der Waals surface area contributed by atoms with Gasteiger partial charge in [0.1, 0.15) is 6.61 Å². The minimum atomic E-state index is -4.32. The van der Waals surface area contributed by atoms with Crippen molar-refractivity contribution in [2.75, 3.05) is 27.4 Å². The Morgan fingerprint density at radius 1 is 1.14 bits per heavy atom. The first-order valence-corrected chi connectivity index (χ1v) is 6.41. The molecule has 7 heteroatoms. The molecule has 0 heterocycles. The van der Waals surface area contributed by atoms with Crippen molar-refractivity contribution in [2.45, 2.75) is 25.6 Å². The Bertz CT molecular complexity index is 464. The second-order valence-electron chi connectivity index (χ2n) is 4.63. The molecule has 4 nitrogen and oxygen atoms in total. The molecular formula is C14H20F3NO3. The highest BCUT2D eigenvalue weighted by Crippen LogP contribution is 2.33. The molecule has 1 aromatic carbocycles. The fourth-order valence-electron chi connectivity index (χ4n) is 1.95. The Balaban J connectivity index is 2.67. The number of methoxy groups -OCH3 is 2. The lowest BCUT2D eigenvalue weighted by atomic mass is 9.99. The maximum absolute atomic E-state index is 12.0. The average Bonchev–Trinajstić information content (AvgIpc) is 2.41. The van der Waals surface area contributed by atoms with E-state index in [9.17, 15) is 13.2 Å². The number of benzene rings is 1. The highest BCUT2D eigenvalue weighted by Gasteiger charge is 2.27. The van der Waals surface area contributed by atoms with Gasteiger partial charge in [0.25, 0.3) is 0 Å². The maximum Gasteiger partial charge on any atom is 0.411 e. The van der Waals surface area contributed by atoms with E-state index in [1.807, 2.05) is 6.92 Å². The standard InChI is InChI=1S/C14H20F3NO3/c1-9-6-12(19-2)13(20-3)7-10(9)11(18)4-5-21-8-14(15,16)17/h6-7,11H,4-5,8,18H2,1-3H3. The normalized spacial score (nSPS) is 13.1. The molecule has 0 bridgehead atoms. The van der Waals surface area contributed by atoms with Crippen LogP contribution in [0.5, 0.6) is 11.5 Å². The van der Waals surface area contributed by atoms with Crippen molar-refractivity contribution in [1.82, 2.24) is 0 Å². The topological polar surface area (TPSA) is 53.7 Å². The molecule has 0 fully saturated rings. The Morgan fingerprint density at radius 2 is 1.71 bits per heavy atom. The zero-order chi connectivity index (χ0) is 16.0. The Morgan fingerprint density at radius 3 is 2.24 bits per heavy atom. The van der Waals surface area contributed by atoms with Crippen LogP contribution in [0.15, 0.2) is 12.1 Å². The largest absolute Gasteiger partial charge is 0.493 e. The molecule has 0 aliphatic heterocycles. The highest BCUT2D eigenvalue weighted by atomic mass is 19.4. The van der Waals surface area contributed by atoms with Crippen LogP contribution >= 0.6 is 0 Å². The first-order valence-electron chi connectivity index (χ1n) is 6.41. The number of rotatable bonds is 7. The molecule has 0 aliphatic rings. The fraction of sp³-hybridized carbons (Fsp3) is 0.571. The number of ether oxygens (including phenoxy) is 3. The van der Waals surface area contributed by atoms with Crippen molar-refractivity contribution in [2.24, 2.45) is 5.73 Å².